The van der Waals surface area contributed by atoms with Gasteiger partial charge in [0.25, 0.3) is 0 Å². The third-order valence-electron chi connectivity index (χ3n) is 3.60. The van der Waals surface area contributed by atoms with Crippen molar-refractivity contribution in [2.24, 2.45) is 0 Å². The van der Waals surface area contributed by atoms with Crippen molar-refractivity contribution in [2.75, 3.05) is 0 Å². The molecular weight excluding hydrogens is 302 g/mol. The molecule has 0 heterocycles. The van der Waals surface area contributed by atoms with E-state index in [9.17, 15) is 14.7 Å². The molecule has 0 aliphatic carbocycles. The summed E-state index contributed by atoms with van der Waals surface area (Å²) >= 11 is 0. The lowest BCUT2D eigenvalue weighted by Gasteiger charge is -2.12. The predicted octanol–water partition coefficient (Wildman–Crippen LogP) is 3.29. The number of hydrogen-bond donors (Lipinski definition) is 2. The smallest absolute Gasteiger partial charge is 0.326 e. The standard InChI is InChI=1S/C20H21NO3/c22-19(15-14-17-10-5-2-6-11-17)21-18(20(23)24)13-7-12-16-8-3-1-4-9-16/h1-12,18H,13-15H2,(H,21,22)(H,23,24)/b12-7+/t18-/m1/s1. The number of nitrogens with one attached hydrogen (secondary N) is 1. The van der Waals surface area contributed by atoms with Gasteiger partial charge in [-0.1, -0.05) is 72.8 Å². The van der Waals surface area contributed by atoms with Crippen LogP contribution in [0.2, 0.25) is 0 Å². The molecule has 2 rings (SSSR count). The molecule has 124 valence electrons. The van der Waals surface area contributed by atoms with Crippen molar-refractivity contribution in [1.29, 1.82) is 0 Å². The minimum absolute atomic E-state index is 0.251. The average Bonchev–Trinajstić information content (AvgIpc) is 2.61. The second kappa shape index (κ2) is 9.30. The Morgan fingerprint density at radius 1 is 1.00 bits per heavy atom. The Bertz CT molecular complexity index is 681. The van der Waals surface area contributed by atoms with Gasteiger partial charge < -0.3 is 10.4 Å². The highest BCUT2D eigenvalue weighted by atomic mass is 16.4. The van der Waals surface area contributed by atoms with Crippen LogP contribution in [0.25, 0.3) is 6.08 Å². The van der Waals surface area contributed by atoms with Gasteiger partial charge in [-0.2, -0.15) is 0 Å². The summed E-state index contributed by atoms with van der Waals surface area (Å²) in [6.07, 6.45) is 4.74. The lowest BCUT2D eigenvalue weighted by atomic mass is 10.1. The van der Waals surface area contributed by atoms with Gasteiger partial charge in [0.15, 0.2) is 0 Å². The fourth-order valence-electron chi connectivity index (χ4n) is 2.29. The lowest BCUT2D eigenvalue weighted by molar-refractivity contribution is -0.141. The van der Waals surface area contributed by atoms with Gasteiger partial charge in [-0.3, -0.25) is 4.79 Å². The first-order valence-corrected chi connectivity index (χ1v) is 7.93. The molecule has 24 heavy (non-hydrogen) atoms. The van der Waals surface area contributed by atoms with E-state index in [1.54, 1.807) is 6.08 Å². The summed E-state index contributed by atoms with van der Waals surface area (Å²) in [4.78, 5) is 23.3. The Kier molecular flexibility index (Phi) is 6.77. The molecule has 0 aliphatic rings. The first-order valence-electron chi connectivity index (χ1n) is 7.93. The van der Waals surface area contributed by atoms with Gasteiger partial charge in [-0.15, -0.1) is 0 Å². The minimum atomic E-state index is -1.03. The normalized spacial score (nSPS) is 12.0. The Hall–Kier alpha value is -2.88. The van der Waals surface area contributed by atoms with E-state index in [1.165, 1.54) is 0 Å². The van der Waals surface area contributed by atoms with Crippen LogP contribution in [0.15, 0.2) is 66.7 Å². The zero-order valence-corrected chi connectivity index (χ0v) is 13.4. The molecule has 1 amide bonds. The summed E-state index contributed by atoms with van der Waals surface area (Å²) in [5, 5.41) is 11.8. The molecule has 0 aromatic heterocycles. The molecule has 2 aromatic carbocycles. The zero-order valence-electron chi connectivity index (χ0n) is 13.4. The van der Waals surface area contributed by atoms with Crippen molar-refractivity contribution < 1.29 is 14.7 Å². The van der Waals surface area contributed by atoms with Gasteiger partial charge in [0, 0.05) is 6.42 Å². The summed E-state index contributed by atoms with van der Waals surface area (Å²) in [7, 11) is 0. The molecule has 2 N–H and O–H groups in total. The van der Waals surface area contributed by atoms with Crippen LogP contribution in [0.4, 0.5) is 0 Å². The average molecular weight is 323 g/mol. The third kappa shape index (κ3) is 6.08. The molecule has 4 nitrogen and oxygen atoms in total. The zero-order chi connectivity index (χ0) is 17.2. The SMILES string of the molecule is O=C(CCc1ccccc1)N[C@H](C/C=C/c1ccccc1)C(=O)O. The summed E-state index contributed by atoms with van der Waals surface area (Å²) in [5.41, 5.74) is 2.06. The van der Waals surface area contributed by atoms with E-state index in [1.807, 2.05) is 66.7 Å². The van der Waals surface area contributed by atoms with Crippen LogP contribution in [0, 0.1) is 0 Å². The maximum Gasteiger partial charge on any atom is 0.326 e. The molecule has 4 heteroatoms. The second-order valence-electron chi connectivity index (χ2n) is 5.49. The largest absolute Gasteiger partial charge is 0.480 e. The molecule has 0 bridgehead atoms. The number of hydrogen-bond acceptors (Lipinski definition) is 2. The highest BCUT2D eigenvalue weighted by molar-refractivity contribution is 5.83. The molecule has 0 fully saturated rings. The van der Waals surface area contributed by atoms with Crippen LogP contribution in [0.3, 0.4) is 0 Å². The molecule has 0 saturated carbocycles. The molecule has 0 unspecified atom stereocenters. The van der Waals surface area contributed by atoms with Gasteiger partial charge in [0.1, 0.15) is 6.04 Å². The van der Waals surface area contributed by atoms with Crippen molar-refractivity contribution >= 4 is 18.0 Å². The number of carboxylic acids is 1. The second-order valence-corrected chi connectivity index (χ2v) is 5.49. The topological polar surface area (TPSA) is 66.4 Å². The predicted molar refractivity (Wildman–Crippen MR) is 94.4 cm³/mol. The summed E-state index contributed by atoms with van der Waals surface area (Å²) in [6, 6.07) is 18.4. The van der Waals surface area contributed by atoms with E-state index in [0.717, 1.165) is 11.1 Å². The maximum atomic E-state index is 12.0. The molecule has 0 aliphatic heterocycles. The molecule has 0 spiro atoms. The van der Waals surface area contributed by atoms with E-state index in [4.69, 9.17) is 0 Å². The minimum Gasteiger partial charge on any atom is -0.480 e. The number of aryl methyl sites for hydroxylation is 1. The number of rotatable bonds is 8. The maximum absolute atomic E-state index is 12.0. The number of carbonyl (C=O) groups is 2. The van der Waals surface area contributed by atoms with Gasteiger partial charge >= 0.3 is 5.97 Å². The number of aliphatic carboxylic acids is 1. The highest BCUT2D eigenvalue weighted by Crippen LogP contribution is 2.05. The van der Waals surface area contributed by atoms with Gasteiger partial charge in [-0.25, -0.2) is 4.79 Å². The third-order valence-corrected chi connectivity index (χ3v) is 3.60. The van der Waals surface area contributed by atoms with E-state index >= 15 is 0 Å². The quantitative estimate of drug-likeness (QED) is 0.783. The van der Waals surface area contributed by atoms with Crippen molar-refractivity contribution in [1.82, 2.24) is 5.32 Å². The van der Waals surface area contributed by atoms with Crippen molar-refractivity contribution in [3.8, 4) is 0 Å². The summed E-state index contributed by atoms with van der Waals surface area (Å²) in [6.45, 7) is 0. The first-order chi connectivity index (χ1) is 11.6. The molecule has 1 atom stereocenters. The Balaban J connectivity index is 1.83. The number of carbonyl (C=O) groups excluding carboxylic acids is 1. The fourth-order valence-corrected chi connectivity index (χ4v) is 2.29. The molecule has 2 aromatic rings. The van der Waals surface area contributed by atoms with Crippen LogP contribution >= 0.6 is 0 Å². The summed E-state index contributed by atoms with van der Waals surface area (Å²) < 4.78 is 0. The first kappa shape index (κ1) is 17.5. The van der Waals surface area contributed by atoms with Crippen LogP contribution in [-0.2, 0) is 16.0 Å². The lowest BCUT2D eigenvalue weighted by Crippen LogP contribution is -2.40. The van der Waals surface area contributed by atoms with Gasteiger partial charge in [0.2, 0.25) is 5.91 Å². The van der Waals surface area contributed by atoms with E-state index in [0.29, 0.717) is 6.42 Å². The fraction of sp³-hybridized carbons (Fsp3) is 0.200. The van der Waals surface area contributed by atoms with Crippen LogP contribution < -0.4 is 5.32 Å². The van der Waals surface area contributed by atoms with Crippen LogP contribution in [0.5, 0.6) is 0 Å². The van der Waals surface area contributed by atoms with E-state index in [-0.39, 0.29) is 18.7 Å². The number of amides is 1. The van der Waals surface area contributed by atoms with Gasteiger partial charge in [-0.05, 0) is 24.0 Å². The summed E-state index contributed by atoms with van der Waals surface area (Å²) in [5.74, 6) is -1.28. The van der Waals surface area contributed by atoms with Crippen LogP contribution in [0.1, 0.15) is 24.0 Å². The Morgan fingerprint density at radius 2 is 1.62 bits per heavy atom. The Morgan fingerprint density at radius 3 is 2.25 bits per heavy atom. The molecule has 0 saturated heterocycles. The van der Waals surface area contributed by atoms with Crippen molar-refractivity contribution in [3.05, 3.63) is 77.9 Å². The highest BCUT2D eigenvalue weighted by Gasteiger charge is 2.18. The monoisotopic (exact) mass is 323 g/mol. The van der Waals surface area contributed by atoms with Crippen molar-refractivity contribution in [3.63, 3.8) is 0 Å². The number of benzene rings is 2. The Labute approximate surface area is 141 Å². The number of carboxylic acid groups (broad SMARTS) is 1. The van der Waals surface area contributed by atoms with Crippen LogP contribution in [-0.4, -0.2) is 23.0 Å². The van der Waals surface area contributed by atoms with Gasteiger partial charge in [0.05, 0.1) is 0 Å². The molecule has 0 radical (unpaired) electrons. The van der Waals surface area contributed by atoms with E-state index < -0.39 is 12.0 Å². The van der Waals surface area contributed by atoms with E-state index in [2.05, 4.69) is 5.32 Å². The molecular formula is C20H21NO3. The van der Waals surface area contributed by atoms with Crippen molar-refractivity contribution in [2.45, 2.75) is 25.3 Å².